The SMILES string of the molecule is Cc1ccc(-c2ncc(C(=O)NCCNC(=O)C(C)C)c(=O)[nH]2)cc1. The number of aromatic amines is 1. The normalized spacial score (nSPS) is 10.6. The molecule has 3 N–H and O–H groups in total. The predicted octanol–water partition coefficient (Wildman–Crippen LogP) is 1.25. The first-order valence-electron chi connectivity index (χ1n) is 8.10. The van der Waals surface area contributed by atoms with Gasteiger partial charge in [0.25, 0.3) is 11.5 Å². The van der Waals surface area contributed by atoms with E-state index in [1.807, 2.05) is 31.2 Å². The fourth-order valence-corrected chi connectivity index (χ4v) is 2.08. The lowest BCUT2D eigenvalue weighted by atomic mass is 10.1. The van der Waals surface area contributed by atoms with E-state index >= 15 is 0 Å². The molecule has 1 heterocycles. The Hall–Kier alpha value is -2.96. The molecule has 2 amide bonds. The van der Waals surface area contributed by atoms with Crippen molar-refractivity contribution in [3.05, 3.63) is 51.9 Å². The summed E-state index contributed by atoms with van der Waals surface area (Å²) in [6, 6.07) is 7.54. The Balaban J connectivity index is 1.98. The van der Waals surface area contributed by atoms with E-state index in [4.69, 9.17) is 0 Å². The highest BCUT2D eigenvalue weighted by molar-refractivity contribution is 5.93. The fraction of sp³-hybridized carbons (Fsp3) is 0.333. The number of hydrogen-bond donors (Lipinski definition) is 3. The van der Waals surface area contributed by atoms with Crippen molar-refractivity contribution in [2.24, 2.45) is 5.92 Å². The molecule has 0 saturated heterocycles. The summed E-state index contributed by atoms with van der Waals surface area (Å²) >= 11 is 0. The molecular formula is C18H22N4O3. The number of amides is 2. The summed E-state index contributed by atoms with van der Waals surface area (Å²) in [5.74, 6) is -0.318. The molecule has 0 bridgehead atoms. The van der Waals surface area contributed by atoms with Crippen molar-refractivity contribution in [1.82, 2.24) is 20.6 Å². The molecule has 0 saturated carbocycles. The molecule has 7 heteroatoms. The Bertz CT molecular complexity index is 810. The van der Waals surface area contributed by atoms with E-state index in [1.165, 1.54) is 6.20 Å². The second kappa shape index (κ2) is 8.23. The molecule has 0 aliphatic heterocycles. The number of rotatable bonds is 6. The number of carbonyl (C=O) groups is 2. The number of hydrogen-bond acceptors (Lipinski definition) is 4. The number of nitrogens with one attached hydrogen (secondary N) is 3. The third kappa shape index (κ3) is 5.00. The topological polar surface area (TPSA) is 104 Å². The summed E-state index contributed by atoms with van der Waals surface area (Å²) in [6.07, 6.45) is 1.26. The lowest BCUT2D eigenvalue weighted by Gasteiger charge is -2.08. The zero-order valence-electron chi connectivity index (χ0n) is 14.6. The van der Waals surface area contributed by atoms with Gasteiger partial charge in [0.2, 0.25) is 5.91 Å². The Morgan fingerprint density at radius 2 is 1.76 bits per heavy atom. The van der Waals surface area contributed by atoms with E-state index in [2.05, 4.69) is 20.6 Å². The Labute approximate surface area is 145 Å². The van der Waals surface area contributed by atoms with E-state index in [9.17, 15) is 14.4 Å². The zero-order valence-corrected chi connectivity index (χ0v) is 14.6. The van der Waals surface area contributed by atoms with Crippen LogP contribution in [0.2, 0.25) is 0 Å². The minimum Gasteiger partial charge on any atom is -0.354 e. The van der Waals surface area contributed by atoms with Crippen molar-refractivity contribution in [3.63, 3.8) is 0 Å². The third-order valence-electron chi connectivity index (χ3n) is 3.60. The van der Waals surface area contributed by atoms with Gasteiger partial charge in [-0.05, 0) is 6.92 Å². The van der Waals surface area contributed by atoms with Crippen LogP contribution < -0.4 is 16.2 Å². The second-order valence-electron chi connectivity index (χ2n) is 6.04. The molecule has 0 radical (unpaired) electrons. The number of aromatic nitrogens is 2. The Morgan fingerprint density at radius 3 is 2.36 bits per heavy atom. The van der Waals surface area contributed by atoms with Crippen LogP contribution in [0.5, 0.6) is 0 Å². The van der Waals surface area contributed by atoms with Gasteiger partial charge in [-0.1, -0.05) is 43.7 Å². The first kappa shape index (κ1) is 18.4. The van der Waals surface area contributed by atoms with Crippen LogP contribution in [0.4, 0.5) is 0 Å². The molecule has 1 aromatic heterocycles. The van der Waals surface area contributed by atoms with Crippen molar-refractivity contribution in [3.8, 4) is 11.4 Å². The van der Waals surface area contributed by atoms with E-state index in [0.717, 1.165) is 11.1 Å². The average molecular weight is 342 g/mol. The van der Waals surface area contributed by atoms with Crippen molar-refractivity contribution < 1.29 is 9.59 Å². The van der Waals surface area contributed by atoms with Gasteiger partial charge in [-0.3, -0.25) is 14.4 Å². The highest BCUT2D eigenvalue weighted by Crippen LogP contribution is 2.13. The van der Waals surface area contributed by atoms with Gasteiger partial charge >= 0.3 is 0 Å². The average Bonchev–Trinajstić information content (AvgIpc) is 2.58. The molecule has 0 atom stereocenters. The van der Waals surface area contributed by atoms with Gasteiger partial charge < -0.3 is 15.6 Å². The summed E-state index contributed by atoms with van der Waals surface area (Å²) in [5.41, 5.74) is 1.30. The molecule has 7 nitrogen and oxygen atoms in total. The van der Waals surface area contributed by atoms with Crippen LogP contribution in [0, 0.1) is 12.8 Å². The molecule has 0 aliphatic carbocycles. The van der Waals surface area contributed by atoms with E-state index in [0.29, 0.717) is 12.4 Å². The molecule has 0 unspecified atom stereocenters. The van der Waals surface area contributed by atoms with Gasteiger partial charge in [-0.25, -0.2) is 4.98 Å². The van der Waals surface area contributed by atoms with Crippen LogP contribution in [-0.2, 0) is 4.79 Å². The standard InChI is InChI=1S/C18H22N4O3/c1-11(2)16(23)19-8-9-20-17(24)14-10-21-15(22-18(14)25)13-6-4-12(3)5-7-13/h4-7,10-11H,8-9H2,1-3H3,(H,19,23)(H,20,24)(H,21,22,25). The molecule has 25 heavy (non-hydrogen) atoms. The van der Waals surface area contributed by atoms with E-state index in [-0.39, 0.29) is 23.9 Å². The smallest absolute Gasteiger partial charge is 0.264 e. The summed E-state index contributed by atoms with van der Waals surface area (Å²) < 4.78 is 0. The number of carbonyl (C=O) groups excluding carboxylic acids is 2. The van der Waals surface area contributed by atoms with Crippen LogP contribution in [0.15, 0.2) is 35.3 Å². The van der Waals surface area contributed by atoms with Gasteiger partial charge in [0.05, 0.1) is 0 Å². The van der Waals surface area contributed by atoms with Gasteiger partial charge in [-0.2, -0.15) is 0 Å². The quantitative estimate of drug-likeness (QED) is 0.687. The second-order valence-corrected chi connectivity index (χ2v) is 6.04. The number of benzene rings is 1. The molecule has 0 aliphatic rings. The first-order chi connectivity index (χ1) is 11.9. The van der Waals surface area contributed by atoms with Crippen LogP contribution in [0.3, 0.4) is 0 Å². The van der Waals surface area contributed by atoms with E-state index < -0.39 is 11.5 Å². The third-order valence-corrected chi connectivity index (χ3v) is 3.60. The highest BCUT2D eigenvalue weighted by Gasteiger charge is 2.12. The maximum absolute atomic E-state index is 12.1. The van der Waals surface area contributed by atoms with Crippen LogP contribution in [0.25, 0.3) is 11.4 Å². The first-order valence-corrected chi connectivity index (χ1v) is 8.10. The van der Waals surface area contributed by atoms with Crippen LogP contribution in [-0.4, -0.2) is 34.9 Å². The van der Waals surface area contributed by atoms with Crippen molar-refractivity contribution in [2.45, 2.75) is 20.8 Å². The fourth-order valence-electron chi connectivity index (χ4n) is 2.08. The monoisotopic (exact) mass is 342 g/mol. The molecule has 0 spiro atoms. The van der Waals surface area contributed by atoms with Gasteiger partial charge in [0.15, 0.2) is 0 Å². The maximum Gasteiger partial charge on any atom is 0.264 e. The van der Waals surface area contributed by atoms with Gasteiger partial charge in [0.1, 0.15) is 11.4 Å². The number of aryl methyl sites for hydroxylation is 1. The summed E-state index contributed by atoms with van der Waals surface area (Å²) in [7, 11) is 0. The van der Waals surface area contributed by atoms with Gasteiger partial charge in [-0.15, -0.1) is 0 Å². The minimum atomic E-state index is -0.525. The number of H-pyrrole nitrogens is 1. The molecule has 1 aromatic carbocycles. The molecule has 132 valence electrons. The lowest BCUT2D eigenvalue weighted by Crippen LogP contribution is -2.38. The summed E-state index contributed by atoms with van der Waals surface area (Å²) in [4.78, 5) is 42.4. The molecular weight excluding hydrogens is 320 g/mol. The van der Waals surface area contributed by atoms with Crippen molar-refractivity contribution in [1.29, 1.82) is 0 Å². The molecule has 2 rings (SSSR count). The number of nitrogens with zero attached hydrogens (tertiary/aromatic N) is 1. The predicted molar refractivity (Wildman–Crippen MR) is 95.2 cm³/mol. The van der Waals surface area contributed by atoms with Crippen molar-refractivity contribution in [2.75, 3.05) is 13.1 Å². The minimum absolute atomic E-state index is 0.0638. The molecule has 0 fully saturated rings. The Morgan fingerprint density at radius 1 is 1.12 bits per heavy atom. The highest BCUT2D eigenvalue weighted by atomic mass is 16.2. The van der Waals surface area contributed by atoms with Crippen molar-refractivity contribution >= 4 is 11.8 Å². The van der Waals surface area contributed by atoms with Crippen LogP contribution >= 0.6 is 0 Å². The summed E-state index contributed by atoms with van der Waals surface area (Å²) in [6.45, 7) is 6.08. The van der Waals surface area contributed by atoms with E-state index in [1.54, 1.807) is 13.8 Å². The Kier molecular flexibility index (Phi) is 6.05. The van der Waals surface area contributed by atoms with Crippen LogP contribution in [0.1, 0.15) is 29.8 Å². The largest absolute Gasteiger partial charge is 0.354 e. The maximum atomic E-state index is 12.1. The lowest BCUT2D eigenvalue weighted by molar-refractivity contribution is -0.123. The zero-order chi connectivity index (χ0) is 18.4. The van der Waals surface area contributed by atoms with Gasteiger partial charge in [0, 0.05) is 30.8 Å². The molecule has 2 aromatic rings. The summed E-state index contributed by atoms with van der Waals surface area (Å²) in [5, 5.41) is 5.27.